The fraction of sp³-hybridized carbons (Fsp3) is 0.455. The van der Waals surface area contributed by atoms with Gasteiger partial charge in [0.1, 0.15) is 11.3 Å². The predicted molar refractivity (Wildman–Crippen MR) is 168 cm³/mol. The number of likely N-dealkylation sites (tertiary alicyclic amines) is 1. The standard InChI is InChI=1S/C33H40F3N7O3/c1-3-28(38-26-8-6-24(7-9-26)31(45)43-21-25(22-43)32(46)42-19-14-37-15-20-42)39-30-27(5-4-16-40(30)2)23-11-17-41(18-12-23)29(44)10-13-33(34,35)36/h3-9,11,16,25,37-38H,10,12-15,17-22H2,1-2H3/b28-3+,39-30-. The van der Waals surface area contributed by atoms with Crippen molar-refractivity contribution in [3.63, 3.8) is 0 Å². The number of amides is 3. The van der Waals surface area contributed by atoms with Gasteiger partial charge in [-0.15, -0.1) is 0 Å². The SMILES string of the molecule is C/C=C(/N=c1/c(C2=CCN(C(=O)CCC(F)(F)F)CC2)cccn1C)Nc1ccc(C(=O)N2CC(C(=O)N3CCNCC3)C2)cc1. The minimum absolute atomic E-state index is 0.103. The molecule has 2 saturated heterocycles. The zero-order valence-electron chi connectivity index (χ0n) is 26.1. The number of carbonyl (C=O) groups is 3. The van der Waals surface area contributed by atoms with Gasteiger partial charge in [-0.25, -0.2) is 4.99 Å². The molecule has 0 radical (unpaired) electrons. The molecule has 46 heavy (non-hydrogen) atoms. The van der Waals surface area contributed by atoms with Gasteiger partial charge < -0.3 is 29.9 Å². The smallest absolute Gasteiger partial charge is 0.340 e. The van der Waals surface area contributed by atoms with Gasteiger partial charge in [-0.3, -0.25) is 14.4 Å². The van der Waals surface area contributed by atoms with Crippen molar-refractivity contribution < 1.29 is 27.6 Å². The summed E-state index contributed by atoms with van der Waals surface area (Å²) in [6, 6.07) is 11.0. The monoisotopic (exact) mass is 639 g/mol. The highest BCUT2D eigenvalue weighted by Gasteiger charge is 2.38. The zero-order chi connectivity index (χ0) is 32.8. The molecule has 3 aliphatic heterocycles. The number of alkyl halides is 3. The summed E-state index contributed by atoms with van der Waals surface area (Å²) in [5.41, 5.74) is 3.81. The molecule has 13 heteroatoms. The number of nitrogens with zero attached hydrogens (tertiary/aromatic N) is 5. The van der Waals surface area contributed by atoms with Gasteiger partial charge in [-0.2, -0.15) is 13.2 Å². The maximum atomic E-state index is 13.0. The molecule has 4 heterocycles. The molecule has 1 aromatic heterocycles. The van der Waals surface area contributed by atoms with Gasteiger partial charge >= 0.3 is 6.18 Å². The highest BCUT2D eigenvalue weighted by Crippen LogP contribution is 2.25. The fourth-order valence-corrected chi connectivity index (χ4v) is 5.79. The second-order valence-electron chi connectivity index (χ2n) is 11.8. The van der Waals surface area contributed by atoms with Crippen molar-refractivity contribution in [3.8, 4) is 0 Å². The summed E-state index contributed by atoms with van der Waals surface area (Å²) < 4.78 is 39.6. The molecular weight excluding hydrogens is 599 g/mol. The van der Waals surface area contributed by atoms with Gasteiger partial charge in [-0.05, 0) is 61.4 Å². The minimum Gasteiger partial charge on any atom is -0.340 e. The molecule has 5 rings (SSSR count). The lowest BCUT2D eigenvalue weighted by molar-refractivity contribution is -0.148. The number of nitrogens with one attached hydrogen (secondary N) is 2. The van der Waals surface area contributed by atoms with E-state index in [1.165, 1.54) is 4.90 Å². The molecule has 0 aliphatic carbocycles. The first-order valence-corrected chi connectivity index (χ1v) is 15.6. The van der Waals surface area contributed by atoms with E-state index in [4.69, 9.17) is 4.99 Å². The lowest BCUT2D eigenvalue weighted by Gasteiger charge is -2.41. The van der Waals surface area contributed by atoms with E-state index < -0.39 is 24.9 Å². The van der Waals surface area contributed by atoms with E-state index in [9.17, 15) is 27.6 Å². The van der Waals surface area contributed by atoms with Crippen LogP contribution in [0.5, 0.6) is 0 Å². The number of piperazine rings is 1. The number of allylic oxidation sites excluding steroid dienone is 1. The Morgan fingerprint density at radius 2 is 1.74 bits per heavy atom. The van der Waals surface area contributed by atoms with Crippen molar-refractivity contribution in [3.05, 3.63) is 77.2 Å². The van der Waals surface area contributed by atoms with Crippen LogP contribution in [0, 0.1) is 5.92 Å². The summed E-state index contributed by atoms with van der Waals surface area (Å²) in [5.74, 6) is -0.0347. The summed E-state index contributed by atoms with van der Waals surface area (Å²) >= 11 is 0. The third-order valence-corrected chi connectivity index (χ3v) is 8.53. The number of aromatic nitrogens is 1. The van der Waals surface area contributed by atoms with Crippen molar-refractivity contribution in [1.29, 1.82) is 0 Å². The third kappa shape index (κ3) is 8.06. The molecule has 3 aliphatic rings. The van der Waals surface area contributed by atoms with E-state index in [-0.39, 0.29) is 24.3 Å². The quantitative estimate of drug-likeness (QED) is 0.462. The van der Waals surface area contributed by atoms with E-state index >= 15 is 0 Å². The molecule has 3 amide bonds. The lowest BCUT2D eigenvalue weighted by atomic mass is 9.96. The molecule has 0 unspecified atom stereocenters. The molecule has 246 valence electrons. The normalized spacial score (nSPS) is 18.3. The summed E-state index contributed by atoms with van der Waals surface area (Å²) in [5, 5.41) is 6.54. The zero-order valence-corrected chi connectivity index (χ0v) is 26.1. The van der Waals surface area contributed by atoms with Gasteiger partial charge in [0.25, 0.3) is 5.91 Å². The van der Waals surface area contributed by atoms with Gasteiger partial charge in [0.15, 0.2) is 0 Å². The number of hydrogen-bond acceptors (Lipinski definition) is 6. The molecule has 0 spiro atoms. The van der Waals surface area contributed by atoms with Gasteiger partial charge in [0, 0.05) is 88.8 Å². The van der Waals surface area contributed by atoms with Crippen LogP contribution in [0.25, 0.3) is 5.57 Å². The van der Waals surface area contributed by atoms with Gasteiger partial charge in [0.2, 0.25) is 11.8 Å². The van der Waals surface area contributed by atoms with Crippen molar-refractivity contribution in [1.82, 2.24) is 24.6 Å². The third-order valence-electron chi connectivity index (χ3n) is 8.53. The van der Waals surface area contributed by atoms with Crippen molar-refractivity contribution in [2.45, 2.75) is 32.4 Å². The molecular formula is C33H40F3N7O3. The number of aryl methyl sites for hydroxylation is 1. The number of hydrogen-bond donors (Lipinski definition) is 2. The highest BCUT2D eigenvalue weighted by atomic mass is 19.4. The predicted octanol–water partition coefficient (Wildman–Crippen LogP) is 3.36. The molecule has 10 nitrogen and oxygen atoms in total. The first-order chi connectivity index (χ1) is 22.0. The first-order valence-electron chi connectivity index (χ1n) is 15.6. The number of pyridine rings is 1. The Hall–Kier alpha value is -4.39. The molecule has 0 saturated carbocycles. The van der Waals surface area contributed by atoms with Crippen LogP contribution in [0.1, 0.15) is 42.1 Å². The van der Waals surface area contributed by atoms with Gasteiger partial charge in [0.05, 0.1) is 12.3 Å². The Balaban J connectivity index is 1.21. The van der Waals surface area contributed by atoms with Crippen molar-refractivity contribution in [2.75, 3.05) is 57.7 Å². The summed E-state index contributed by atoms with van der Waals surface area (Å²) in [4.78, 5) is 47.9. The summed E-state index contributed by atoms with van der Waals surface area (Å²) in [7, 11) is 1.88. The maximum Gasteiger partial charge on any atom is 0.389 e. The Morgan fingerprint density at radius 1 is 1.02 bits per heavy atom. The van der Waals surface area contributed by atoms with Crippen LogP contribution < -0.4 is 16.1 Å². The van der Waals surface area contributed by atoms with Crippen LogP contribution in [0.15, 0.2) is 65.6 Å². The van der Waals surface area contributed by atoms with E-state index in [1.54, 1.807) is 17.0 Å². The molecule has 2 aromatic rings. The van der Waals surface area contributed by atoms with E-state index in [2.05, 4.69) is 10.6 Å². The lowest BCUT2D eigenvalue weighted by Crippen LogP contribution is -2.58. The molecule has 0 atom stereocenters. The first kappa shape index (κ1) is 33.0. The van der Waals surface area contributed by atoms with Crippen molar-refractivity contribution >= 4 is 29.0 Å². The number of benzene rings is 1. The fourth-order valence-electron chi connectivity index (χ4n) is 5.79. The number of anilines is 1. The Morgan fingerprint density at radius 3 is 2.37 bits per heavy atom. The highest BCUT2D eigenvalue weighted by molar-refractivity contribution is 5.96. The van der Waals surface area contributed by atoms with Crippen LogP contribution in [0.3, 0.4) is 0 Å². The Bertz CT molecular complexity index is 1570. The van der Waals surface area contributed by atoms with Gasteiger partial charge in [-0.1, -0.05) is 6.08 Å². The van der Waals surface area contributed by atoms with Crippen LogP contribution in [-0.2, 0) is 16.6 Å². The van der Waals surface area contributed by atoms with Crippen LogP contribution in [-0.4, -0.2) is 95.5 Å². The Kier molecular flexibility index (Phi) is 10.3. The molecule has 2 N–H and O–H groups in total. The molecule has 0 bridgehead atoms. The molecule has 2 fully saturated rings. The Labute approximate surface area is 266 Å². The number of rotatable bonds is 8. The second kappa shape index (κ2) is 14.4. The average molecular weight is 640 g/mol. The summed E-state index contributed by atoms with van der Waals surface area (Å²) in [6.45, 7) is 6.32. The van der Waals surface area contributed by atoms with E-state index in [0.717, 1.165) is 29.9 Å². The maximum absolute atomic E-state index is 13.0. The van der Waals surface area contributed by atoms with Crippen LogP contribution in [0.4, 0.5) is 18.9 Å². The number of halogens is 3. The van der Waals surface area contributed by atoms with Crippen molar-refractivity contribution in [2.24, 2.45) is 18.0 Å². The van der Waals surface area contributed by atoms with Crippen LogP contribution in [0.2, 0.25) is 0 Å². The summed E-state index contributed by atoms with van der Waals surface area (Å²) in [6.07, 6.45) is 0.0727. The van der Waals surface area contributed by atoms with E-state index in [0.29, 0.717) is 56.0 Å². The largest absolute Gasteiger partial charge is 0.389 e. The number of carbonyl (C=O) groups excluding carboxylic acids is 3. The minimum atomic E-state index is -4.36. The van der Waals surface area contributed by atoms with E-state index in [1.807, 2.05) is 66.1 Å². The second-order valence-corrected chi connectivity index (χ2v) is 11.8. The molecule has 1 aromatic carbocycles. The topological polar surface area (TPSA) is 102 Å². The van der Waals surface area contributed by atoms with Crippen LogP contribution >= 0.6 is 0 Å². The average Bonchev–Trinajstić information content (AvgIpc) is 3.03.